The Balaban J connectivity index is 1.64. The number of nitrogens with zero attached hydrogens (tertiary/aromatic N) is 2. The third-order valence-electron chi connectivity index (χ3n) is 4.92. The number of ether oxygens (including phenoxy) is 1. The quantitative estimate of drug-likeness (QED) is 0.546. The zero-order chi connectivity index (χ0) is 20.1. The lowest BCUT2D eigenvalue weighted by Gasteiger charge is -2.25. The van der Waals surface area contributed by atoms with Gasteiger partial charge in [0.05, 0.1) is 17.7 Å². The van der Waals surface area contributed by atoms with E-state index < -0.39 is 4.92 Å². The Morgan fingerprint density at radius 3 is 2.86 bits per heavy atom. The summed E-state index contributed by atoms with van der Waals surface area (Å²) < 4.78 is 5.18. The van der Waals surface area contributed by atoms with Gasteiger partial charge < -0.3 is 10.1 Å². The SMILES string of the molecule is COc1ccc([N+](=O)[O-])cc1NC(=O)CCN1CCCC1c1ccccc1Cl. The van der Waals surface area contributed by atoms with Crippen LogP contribution in [0.5, 0.6) is 5.75 Å². The van der Waals surface area contributed by atoms with Crippen molar-refractivity contribution in [3.63, 3.8) is 0 Å². The molecule has 1 fully saturated rings. The lowest BCUT2D eigenvalue weighted by atomic mass is 10.0. The molecular weight excluding hydrogens is 382 g/mol. The van der Waals surface area contributed by atoms with E-state index in [1.165, 1.54) is 25.3 Å². The van der Waals surface area contributed by atoms with Crippen molar-refractivity contribution in [2.24, 2.45) is 0 Å². The predicted molar refractivity (Wildman–Crippen MR) is 108 cm³/mol. The molecular formula is C20H22ClN3O4. The van der Waals surface area contributed by atoms with Crippen LogP contribution in [0.2, 0.25) is 5.02 Å². The molecule has 1 N–H and O–H groups in total. The molecule has 2 aromatic rings. The summed E-state index contributed by atoms with van der Waals surface area (Å²) in [6.45, 7) is 1.49. The summed E-state index contributed by atoms with van der Waals surface area (Å²) in [4.78, 5) is 25.2. The van der Waals surface area contributed by atoms with E-state index in [0.717, 1.165) is 30.0 Å². The number of carbonyl (C=O) groups is 1. The van der Waals surface area contributed by atoms with E-state index in [1.54, 1.807) is 0 Å². The first-order valence-electron chi connectivity index (χ1n) is 9.10. The van der Waals surface area contributed by atoms with Crippen molar-refractivity contribution in [2.75, 3.05) is 25.5 Å². The zero-order valence-electron chi connectivity index (χ0n) is 15.6. The van der Waals surface area contributed by atoms with Gasteiger partial charge in [-0.25, -0.2) is 0 Å². The fraction of sp³-hybridized carbons (Fsp3) is 0.350. The number of anilines is 1. The topological polar surface area (TPSA) is 84.7 Å². The Morgan fingerprint density at radius 2 is 2.14 bits per heavy atom. The maximum Gasteiger partial charge on any atom is 0.271 e. The third kappa shape index (κ3) is 4.61. The van der Waals surface area contributed by atoms with Gasteiger partial charge in [0, 0.05) is 36.2 Å². The second-order valence-corrected chi connectivity index (χ2v) is 7.06. The van der Waals surface area contributed by atoms with E-state index in [-0.39, 0.29) is 24.1 Å². The smallest absolute Gasteiger partial charge is 0.271 e. The van der Waals surface area contributed by atoms with Crippen LogP contribution in [-0.4, -0.2) is 35.9 Å². The van der Waals surface area contributed by atoms with Gasteiger partial charge in [0.2, 0.25) is 5.91 Å². The molecule has 3 rings (SSSR count). The molecule has 1 amide bonds. The molecule has 1 saturated heterocycles. The highest BCUT2D eigenvalue weighted by molar-refractivity contribution is 6.31. The van der Waals surface area contributed by atoms with Crippen LogP contribution in [0.3, 0.4) is 0 Å². The van der Waals surface area contributed by atoms with E-state index in [2.05, 4.69) is 10.2 Å². The number of likely N-dealkylation sites (tertiary alicyclic amines) is 1. The summed E-state index contributed by atoms with van der Waals surface area (Å²) in [5.41, 5.74) is 1.28. The average molecular weight is 404 g/mol. The predicted octanol–water partition coefficient (Wildman–Crippen LogP) is 4.42. The van der Waals surface area contributed by atoms with Crippen molar-refractivity contribution in [3.8, 4) is 5.75 Å². The molecule has 0 radical (unpaired) electrons. The second-order valence-electron chi connectivity index (χ2n) is 6.66. The van der Waals surface area contributed by atoms with Crippen molar-refractivity contribution in [3.05, 3.63) is 63.2 Å². The van der Waals surface area contributed by atoms with Crippen LogP contribution in [0.25, 0.3) is 0 Å². The summed E-state index contributed by atoms with van der Waals surface area (Å²) in [7, 11) is 1.45. The molecule has 1 unspecified atom stereocenters. The van der Waals surface area contributed by atoms with Gasteiger partial charge in [-0.2, -0.15) is 0 Å². The van der Waals surface area contributed by atoms with Gasteiger partial charge in [0.25, 0.3) is 5.69 Å². The fourth-order valence-electron chi connectivity index (χ4n) is 3.56. The number of non-ortho nitro benzene ring substituents is 1. The van der Waals surface area contributed by atoms with E-state index in [0.29, 0.717) is 18.0 Å². The maximum absolute atomic E-state index is 12.4. The first-order chi connectivity index (χ1) is 13.5. The lowest BCUT2D eigenvalue weighted by molar-refractivity contribution is -0.384. The molecule has 0 aliphatic carbocycles. The molecule has 0 spiro atoms. The van der Waals surface area contributed by atoms with E-state index in [9.17, 15) is 14.9 Å². The van der Waals surface area contributed by atoms with Crippen molar-refractivity contribution < 1.29 is 14.5 Å². The Kier molecular flexibility index (Phi) is 6.49. The van der Waals surface area contributed by atoms with Gasteiger partial charge >= 0.3 is 0 Å². The van der Waals surface area contributed by atoms with Crippen LogP contribution in [0.15, 0.2) is 42.5 Å². The van der Waals surface area contributed by atoms with Gasteiger partial charge in [0.15, 0.2) is 0 Å². The van der Waals surface area contributed by atoms with E-state index >= 15 is 0 Å². The van der Waals surface area contributed by atoms with Crippen molar-refractivity contribution >= 4 is 28.9 Å². The number of carbonyl (C=O) groups excluding carboxylic acids is 1. The van der Waals surface area contributed by atoms with Crippen molar-refractivity contribution in [1.82, 2.24) is 4.90 Å². The van der Waals surface area contributed by atoms with Crippen LogP contribution >= 0.6 is 11.6 Å². The van der Waals surface area contributed by atoms with Crippen LogP contribution in [0.4, 0.5) is 11.4 Å². The number of hydrogen-bond donors (Lipinski definition) is 1. The lowest BCUT2D eigenvalue weighted by Crippen LogP contribution is -2.28. The van der Waals surface area contributed by atoms with Crippen LogP contribution in [0.1, 0.15) is 30.9 Å². The Morgan fingerprint density at radius 1 is 1.36 bits per heavy atom. The number of halogens is 1. The number of amides is 1. The summed E-state index contributed by atoms with van der Waals surface area (Å²) in [6, 6.07) is 12.1. The first kappa shape index (κ1) is 20.1. The highest BCUT2D eigenvalue weighted by Gasteiger charge is 2.27. The minimum Gasteiger partial charge on any atom is -0.495 e. The van der Waals surface area contributed by atoms with Gasteiger partial charge in [-0.05, 0) is 37.1 Å². The highest BCUT2D eigenvalue weighted by atomic mass is 35.5. The molecule has 1 aliphatic heterocycles. The average Bonchev–Trinajstić information content (AvgIpc) is 3.15. The first-order valence-corrected chi connectivity index (χ1v) is 9.48. The summed E-state index contributed by atoms with van der Waals surface area (Å²) in [6.07, 6.45) is 2.33. The number of nitro groups is 1. The molecule has 1 atom stereocenters. The van der Waals surface area contributed by atoms with Gasteiger partial charge in [0.1, 0.15) is 5.75 Å². The normalized spacial score (nSPS) is 16.7. The standard InChI is InChI=1S/C20H22ClN3O4/c1-28-19-9-8-14(24(26)27)13-17(19)22-20(25)10-12-23-11-4-7-18(23)15-5-2-3-6-16(15)21/h2-3,5-6,8-9,13,18H,4,7,10-12H2,1H3,(H,22,25). The number of methoxy groups -OCH3 is 1. The molecule has 28 heavy (non-hydrogen) atoms. The van der Waals surface area contributed by atoms with Crippen molar-refractivity contribution in [1.29, 1.82) is 0 Å². The molecule has 0 bridgehead atoms. The molecule has 0 aromatic heterocycles. The summed E-state index contributed by atoms with van der Waals surface area (Å²) >= 11 is 6.34. The van der Waals surface area contributed by atoms with E-state index in [1.807, 2.05) is 24.3 Å². The summed E-state index contributed by atoms with van der Waals surface area (Å²) in [5.74, 6) is 0.165. The fourth-order valence-corrected chi connectivity index (χ4v) is 3.82. The molecule has 8 heteroatoms. The molecule has 148 valence electrons. The number of benzene rings is 2. The van der Waals surface area contributed by atoms with Crippen LogP contribution < -0.4 is 10.1 Å². The number of hydrogen-bond acceptors (Lipinski definition) is 5. The van der Waals surface area contributed by atoms with Crippen molar-refractivity contribution in [2.45, 2.75) is 25.3 Å². The molecule has 7 nitrogen and oxygen atoms in total. The minimum atomic E-state index is -0.506. The molecule has 0 saturated carbocycles. The second kappa shape index (κ2) is 9.03. The van der Waals surface area contributed by atoms with E-state index in [4.69, 9.17) is 16.3 Å². The largest absolute Gasteiger partial charge is 0.495 e. The monoisotopic (exact) mass is 403 g/mol. The summed E-state index contributed by atoms with van der Waals surface area (Å²) in [5, 5.41) is 14.4. The Bertz CT molecular complexity index is 874. The number of nitro benzene ring substituents is 1. The third-order valence-corrected chi connectivity index (χ3v) is 5.27. The molecule has 2 aromatic carbocycles. The molecule has 1 heterocycles. The van der Waals surface area contributed by atoms with Gasteiger partial charge in [-0.3, -0.25) is 19.8 Å². The molecule has 1 aliphatic rings. The zero-order valence-corrected chi connectivity index (χ0v) is 16.3. The number of rotatable bonds is 7. The maximum atomic E-state index is 12.4. The number of nitrogens with one attached hydrogen (secondary N) is 1. The van der Waals surface area contributed by atoms with Crippen LogP contribution in [-0.2, 0) is 4.79 Å². The van der Waals surface area contributed by atoms with Gasteiger partial charge in [-0.1, -0.05) is 29.8 Å². The Labute approximate surface area is 168 Å². The van der Waals surface area contributed by atoms with Crippen LogP contribution in [0, 0.1) is 10.1 Å². The minimum absolute atomic E-state index is 0.102. The van der Waals surface area contributed by atoms with Gasteiger partial charge in [-0.15, -0.1) is 0 Å². The highest BCUT2D eigenvalue weighted by Crippen LogP contribution is 2.35. The Hall–Kier alpha value is -2.64.